The monoisotopic (exact) mass is 457 g/mol. The zero-order valence-electron chi connectivity index (χ0n) is 19.1. The van der Waals surface area contributed by atoms with Crippen LogP contribution >= 0.6 is 0 Å². The van der Waals surface area contributed by atoms with E-state index in [1.165, 1.54) is 5.69 Å². The number of morpholine rings is 1. The Morgan fingerprint density at radius 3 is 2.62 bits per heavy atom. The van der Waals surface area contributed by atoms with E-state index < -0.39 is 0 Å². The Morgan fingerprint density at radius 2 is 1.91 bits per heavy atom. The lowest BCUT2D eigenvalue weighted by atomic mass is 9.78. The van der Waals surface area contributed by atoms with Gasteiger partial charge in [-0.2, -0.15) is 14.9 Å². The molecule has 174 valence electrons. The third kappa shape index (κ3) is 3.11. The second-order valence-corrected chi connectivity index (χ2v) is 9.77. The minimum atomic E-state index is 0.255. The largest absolute Gasteiger partial charge is 0.380 e. The Balaban J connectivity index is 1.29. The van der Waals surface area contributed by atoms with Crippen molar-refractivity contribution in [3.63, 3.8) is 0 Å². The first-order valence-electron chi connectivity index (χ1n) is 11.9. The highest BCUT2D eigenvalue weighted by Crippen LogP contribution is 2.41. The Labute approximate surface area is 197 Å². The molecule has 0 radical (unpaired) electrons. The molecule has 0 saturated carbocycles. The maximum absolute atomic E-state index is 5.67. The van der Waals surface area contributed by atoms with E-state index in [1.54, 1.807) is 10.9 Å². The van der Waals surface area contributed by atoms with Crippen LogP contribution in [0.1, 0.15) is 6.92 Å². The Bertz CT molecular complexity index is 1320. The molecule has 1 N–H and O–H groups in total. The van der Waals surface area contributed by atoms with Gasteiger partial charge in [-0.3, -0.25) is 5.10 Å². The van der Waals surface area contributed by atoms with Crippen molar-refractivity contribution in [2.75, 3.05) is 55.9 Å². The number of benzene rings is 1. The first kappa shape index (κ1) is 20.0. The van der Waals surface area contributed by atoms with Crippen LogP contribution in [0.25, 0.3) is 28.0 Å². The Morgan fingerprint density at radius 1 is 1.06 bits per heavy atom. The lowest BCUT2D eigenvalue weighted by Gasteiger charge is -2.56. The van der Waals surface area contributed by atoms with Gasteiger partial charge in [0.25, 0.3) is 0 Å². The average Bonchev–Trinajstić information content (AvgIpc) is 3.47. The highest BCUT2D eigenvalue weighted by molar-refractivity contribution is 5.95. The smallest absolute Gasteiger partial charge is 0.177 e. The van der Waals surface area contributed by atoms with Crippen LogP contribution in [-0.4, -0.2) is 77.1 Å². The van der Waals surface area contributed by atoms with E-state index in [0.29, 0.717) is 18.6 Å². The number of ether oxygens (including phenoxy) is 2. The van der Waals surface area contributed by atoms with Gasteiger partial charge in [-0.1, -0.05) is 12.1 Å². The lowest BCUT2D eigenvalue weighted by Crippen LogP contribution is -2.66. The van der Waals surface area contributed by atoms with Gasteiger partial charge in [0.05, 0.1) is 44.1 Å². The number of H-pyrrole nitrogens is 1. The standard InChI is InChI=1S/C25H27N7O2/c1-17-12-33-9-8-31(17)23-10-20(21-11-27-32(24(21)28-23)22-6-7-26-29-22)18-2-4-19(5-3-18)30-13-25(14-30)15-34-16-25/h2-7,10-11,17H,8-9,12-16H2,1H3,(H,26,29). The van der Waals surface area contributed by atoms with E-state index in [1.807, 2.05) is 12.3 Å². The Kier molecular flexibility index (Phi) is 4.43. The summed E-state index contributed by atoms with van der Waals surface area (Å²) in [5.41, 5.74) is 4.75. The first-order chi connectivity index (χ1) is 16.7. The second-order valence-electron chi connectivity index (χ2n) is 9.77. The zero-order valence-corrected chi connectivity index (χ0v) is 19.1. The fourth-order valence-corrected chi connectivity index (χ4v) is 5.35. The molecule has 9 nitrogen and oxygen atoms in total. The highest BCUT2D eigenvalue weighted by Gasteiger charge is 2.49. The molecule has 1 aromatic carbocycles. The number of aromatic amines is 1. The van der Waals surface area contributed by atoms with Gasteiger partial charge in [-0.25, -0.2) is 4.98 Å². The van der Waals surface area contributed by atoms with Crippen molar-refractivity contribution >= 4 is 22.5 Å². The molecule has 0 amide bonds. The molecule has 1 unspecified atom stereocenters. The van der Waals surface area contributed by atoms with Gasteiger partial charge in [0.1, 0.15) is 5.82 Å². The summed E-state index contributed by atoms with van der Waals surface area (Å²) in [5, 5.41) is 12.9. The molecule has 3 aliphatic heterocycles. The number of anilines is 2. The van der Waals surface area contributed by atoms with E-state index >= 15 is 0 Å². The molecule has 0 aliphatic carbocycles. The lowest BCUT2D eigenvalue weighted by molar-refractivity contribution is -0.127. The van der Waals surface area contributed by atoms with Crippen molar-refractivity contribution in [1.29, 1.82) is 0 Å². The molecular weight excluding hydrogens is 430 g/mol. The summed E-state index contributed by atoms with van der Waals surface area (Å²) in [5.74, 6) is 1.66. The van der Waals surface area contributed by atoms with Crippen LogP contribution in [0.15, 0.2) is 48.8 Å². The molecule has 4 aromatic rings. The van der Waals surface area contributed by atoms with Crippen LogP contribution in [0.4, 0.5) is 11.5 Å². The molecule has 3 fully saturated rings. The van der Waals surface area contributed by atoms with Gasteiger partial charge in [0, 0.05) is 43.0 Å². The molecular formula is C25H27N7O2. The molecule has 34 heavy (non-hydrogen) atoms. The summed E-state index contributed by atoms with van der Waals surface area (Å²) in [4.78, 5) is 9.81. The highest BCUT2D eigenvalue weighted by atomic mass is 16.5. The van der Waals surface area contributed by atoms with E-state index in [0.717, 1.165) is 66.6 Å². The summed E-state index contributed by atoms with van der Waals surface area (Å²) in [6, 6.07) is 13.2. The summed E-state index contributed by atoms with van der Waals surface area (Å²) in [6.45, 7) is 8.37. The molecule has 1 spiro atoms. The van der Waals surface area contributed by atoms with Crippen molar-refractivity contribution in [2.45, 2.75) is 13.0 Å². The van der Waals surface area contributed by atoms with Crippen LogP contribution in [0.2, 0.25) is 0 Å². The van der Waals surface area contributed by atoms with E-state index in [-0.39, 0.29) is 6.04 Å². The van der Waals surface area contributed by atoms with Crippen LogP contribution in [-0.2, 0) is 9.47 Å². The summed E-state index contributed by atoms with van der Waals surface area (Å²) in [6.07, 6.45) is 3.69. The fraction of sp³-hybridized carbons (Fsp3) is 0.400. The zero-order chi connectivity index (χ0) is 22.7. The summed E-state index contributed by atoms with van der Waals surface area (Å²) < 4.78 is 12.9. The van der Waals surface area contributed by atoms with Crippen molar-refractivity contribution in [3.8, 4) is 16.9 Å². The average molecular weight is 458 g/mol. The molecule has 9 heteroatoms. The molecule has 3 aromatic heterocycles. The molecule has 3 saturated heterocycles. The second kappa shape index (κ2) is 7.54. The van der Waals surface area contributed by atoms with Gasteiger partial charge >= 0.3 is 0 Å². The quantitative estimate of drug-likeness (QED) is 0.504. The number of nitrogens with one attached hydrogen (secondary N) is 1. The topological polar surface area (TPSA) is 84.3 Å². The van der Waals surface area contributed by atoms with Gasteiger partial charge in [0.2, 0.25) is 0 Å². The normalized spacial score (nSPS) is 21.6. The maximum atomic E-state index is 5.67. The number of nitrogens with zero attached hydrogens (tertiary/aromatic N) is 6. The number of aromatic nitrogens is 5. The van der Waals surface area contributed by atoms with Crippen LogP contribution in [0, 0.1) is 5.41 Å². The van der Waals surface area contributed by atoms with Gasteiger partial charge < -0.3 is 19.3 Å². The summed E-state index contributed by atoms with van der Waals surface area (Å²) in [7, 11) is 0. The molecule has 7 rings (SSSR count). The maximum Gasteiger partial charge on any atom is 0.177 e. The third-order valence-electron chi connectivity index (χ3n) is 7.31. The predicted molar refractivity (Wildman–Crippen MR) is 130 cm³/mol. The molecule has 1 atom stereocenters. The van der Waals surface area contributed by atoms with Crippen LogP contribution in [0.5, 0.6) is 0 Å². The molecule has 6 heterocycles. The number of pyridine rings is 1. The number of hydrogen-bond acceptors (Lipinski definition) is 7. The number of hydrogen-bond donors (Lipinski definition) is 1. The van der Waals surface area contributed by atoms with Crippen LogP contribution < -0.4 is 9.80 Å². The number of rotatable bonds is 4. The van der Waals surface area contributed by atoms with Crippen LogP contribution in [0.3, 0.4) is 0 Å². The van der Waals surface area contributed by atoms with Gasteiger partial charge in [0.15, 0.2) is 11.5 Å². The van der Waals surface area contributed by atoms with Crippen molar-refractivity contribution in [2.24, 2.45) is 5.41 Å². The predicted octanol–water partition coefficient (Wildman–Crippen LogP) is 2.87. The SMILES string of the molecule is CC1COCCN1c1cc(-c2ccc(N3CC4(COC4)C3)cc2)c2cnn(-c3cc[nH]n3)c2n1. The summed E-state index contributed by atoms with van der Waals surface area (Å²) >= 11 is 0. The fourth-order valence-electron chi connectivity index (χ4n) is 5.35. The molecule has 3 aliphatic rings. The number of fused-ring (bicyclic) bond motifs is 1. The van der Waals surface area contributed by atoms with E-state index in [2.05, 4.69) is 62.4 Å². The van der Waals surface area contributed by atoms with Crippen molar-refractivity contribution < 1.29 is 9.47 Å². The Hall–Kier alpha value is -3.43. The third-order valence-corrected chi connectivity index (χ3v) is 7.31. The van der Waals surface area contributed by atoms with E-state index in [9.17, 15) is 0 Å². The van der Waals surface area contributed by atoms with Gasteiger partial charge in [-0.05, 0) is 36.2 Å². The van der Waals surface area contributed by atoms with E-state index in [4.69, 9.17) is 14.5 Å². The van der Waals surface area contributed by atoms with Crippen molar-refractivity contribution in [3.05, 3.63) is 48.8 Å². The minimum absolute atomic E-state index is 0.255. The minimum Gasteiger partial charge on any atom is -0.380 e. The molecule has 0 bridgehead atoms. The first-order valence-corrected chi connectivity index (χ1v) is 11.9. The van der Waals surface area contributed by atoms with Gasteiger partial charge in [-0.15, -0.1) is 0 Å². The van der Waals surface area contributed by atoms with Crippen molar-refractivity contribution in [1.82, 2.24) is 25.0 Å².